The zero-order chi connectivity index (χ0) is 19.6. The first-order valence-corrected chi connectivity index (χ1v) is 9.41. The molecule has 1 amide bonds. The first-order chi connectivity index (χ1) is 13.7. The SMILES string of the molecule is N#Cc1ccc(OCCCN2CCN(C(=O)OCc3ccccc3)CC2)nc1. The number of nitrogens with zero attached hydrogens (tertiary/aromatic N) is 4. The van der Waals surface area contributed by atoms with Crippen LogP contribution < -0.4 is 4.74 Å². The van der Waals surface area contributed by atoms with Gasteiger partial charge in [-0.15, -0.1) is 0 Å². The lowest BCUT2D eigenvalue weighted by Crippen LogP contribution is -2.49. The lowest BCUT2D eigenvalue weighted by atomic mass is 10.2. The average molecular weight is 380 g/mol. The van der Waals surface area contributed by atoms with Gasteiger partial charge in [0.05, 0.1) is 12.2 Å². The van der Waals surface area contributed by atoms with E-state index in [-0.39, 0.29) is 6.09 Å². The Morgan fingerprint density at radius 1 is 1.11 bits per heavy atom. The molecule has 0 atom stereocenters. The van der Waals surface area contributed by atoms with E-state index in [0.717, 1.165) is 31.6 Å². The highest BCUT2D eigenvalue weighted by atomic mass is 16.6. The van der Waals surface area contributed by atoms with Crippen LogP contribution >= 0.6 is 0 Å². The quantitative estimate of drug-likeness (QED) is 0.687. The number of amides is 1. The number of hydrogen-bond donors (Lipinski definition) is 0. The van der Waals surface area contributed by atoms with Gasteiger partial charge in [0.25, 0.3) is 0 Å². The Morgan fingerprint density at radius 3 is 2.57 bits per heavy atom. The number of carbonyl (C=O) groups is 1. The van der Waals surface area contributed by atoms with Crippen molar-refractivity contribution in [3.8, 4) is 11.9 Å². The largest absolute Gasteiger partial charge is 0.478 e. The summed E-state index contributed by atoms with van der Waals surface area (Å²) in [6.07, 6.45) is 2.13. The molecule has 0 N–H and O–H groups in total. The van der Waals surface area contributed by atoms with Gasteiger partial charge in [-0.2, -0.15) is 5.26 Å². The molecule has 146 valence electrons. The molecule has 0 aliphatic carbocycles. The highest BCUT2D eigenvalue weighted by Gasteiger charge is 2.21. The number of aromatic nitrogens is 1. The molecule has 0 spiro atoms. The van der Waals surface area contributed by atoms with Crippen LogP contribution in [0, 0.1) is 11.3 Å². The minimum atomic E-state index is -0.251. The molecule has 1 fully saturated rings. The van der Waals surface area contributed by atoms with E-state index < -0.39 is 0 Å². The summed E-state index contributed by atoms with van der Waals surface area (Å²) in [6.45, 7) is 4.78. The van der Waals surface area contributed by atoms with Crippen molar-refractivity contribution in [3.63, 3.8) is 0 Å². The van der Waals surface area contributed by atoms with Crippen LogP contribution in [-0.4, -0.2) is 60.2 Å². The van der Waals surface area contributed by atoms with E-state index >= 15 is 0 Å². The Kier molecular flexibility index (Phi) is 7.21. The van der Waals surface area contributed by atoms with Gasteiger partial charge >= 0.3 is 6.09 Å². The van der Waals surface area contributed by atoms with Gasteiger partial charge in [0.2, 0.25) is 5.88 Å². The molecule has 7 heteroatoms. The van der Waals surface area contributed by atoms with Crippen LogP contribution in [0.15, 0.2) is 48.7 Å². The Balaban J connectivity index is 1.29. The summed E-state index contributed by atoms with van der Waals surface area (Å²) in [6, 6.07) is 15.1. The van der Waals surface area contributed by atoms with Crippen molar-refractivity contribution in [1.29, 1.82) is 5.26 Å². The van der Waals surface area contributed by atoms with Gasteiger partial charge < -0.3 is 14.4 Å². The summed E-state index contributed by atoms with van der Waals surface area (Å²) in [5.74, 6) is 0.532. The van der Waals surface area contributed by atoms with Crippen molar-refractivity contribution < 1.29 is 14.3 Å². The smallest absolute Gasteiger partial charge is 0.410 e. The maximum Gasteiger partial charge on any atom is 0.410 e. The van der Waals surface area contributed by atoms with Gasteiger partial charge in [-0.05, 0) is 18.1 Å². The summed E-state index contributed by atoms with van der Waals surface area (Å²) in [4.78, 5) is 20.3. The highest BCUT2D eigenvalue weighted by Crippen LogP contribution is 2.09. The fraction of sp³-hybridized carbons (Fsp3) is 0.381. The summed E-state index contributed by atoms with van der Waals surface area (Å²) in [5.41, 5.74) is 1.51. The lowest BCUT2D eigenvalue weighted by Gasteiger charge is -2.34. The topological polar surface area (TPSA) is 78.7 Å². The number of rotatable bonds is 7. The van der Waals surface area contributed by atoms with Crippen LogP contribution in [0.3, 0.4) is 0 Å². The minimum Gasteiger partial charge on any atom is -0.478 e. The van der Waals surface area contributed by atoms with E-state index in [1.807, 2.05) is 36.4 Å². The first-order valence-electron chi connectivity index (χ1n) is 9.41. The molecule has 2 heterocycles. The van der Waals surface area contributed by atoms with E-state index in [1.165, 1.54) is 6.20 Å². The van der Waals surface area contributed by atoms with Crippen molar-refractivity contribution in [1.82, 2.24) is 14.8 Å². The maximum absolute atomic E-state index is 12.2. The molecular weight excluding hydrogens is 356 g/mol. The average Bonchev–Trinajstić information content (AvgIpc) is 2.76. The molecule has 0 unspecified atom stereocenters. The van der Waals surface area contributed by atoms with Crippen molar-refractivity contribution in [3.05, 3.63) is 59.8 Å². The number of benzene rings is 1. The number of hydrogen-bond acceptors (Lipinski definition) is 6. The van der Waals surface area contributed by atoms with E-state index in [1.54, 1.807) is 17.0 Å². The second kappa shape index (κ2) is 10.3. The molecule has 2 aromatic rings. The van der Waals surface area contributed by atoms with Crippen molar-refractivity contribution >= 4 is 6.09 Å². The van der Waals surface area contributed by atoms with Crippen molar-refractivity contribution in [2.45, 2.75) is 13.0 Å². The van der Waals surface area contributed by atoms with E-state index in [9.17, 15) is 4.79 Å². The Morgan fingerprint density at radius 2 is 1.89 bits per heavy atom. The van der Waals surface area contributed by atoms with E-state index in [4.69, 9.17) is 14.7 Å². The second-order valence-corrected chi connectivity index (χ2v) is 6.57. The van der Waals surface area contributed by atoms with Crippen LogP contribution in [0.4, 0.5) is 4.79 Å². The fourth-order valence-corrected chi connectivity index (χ4v) is 2.96. The monoisotopic (exact) mass is 380 g/mol. The second-order valence-electron chi connectivity index (χ2n) is 6.57. The van der Waals surface area contributed by atoms with Crippen LogP contribution in [0.2, 0.25) is 0 Å². The number of carbonyl (C=O) groups excluding carboxylic acids is 1. The van der Waals surface area contributed by atoms with Gasteiger partial charge in [0, 0.05) is 45.0 Å². The minimum absolute atomic E-state index is 0.251. The van der Waals surface area contributed by atoms with Crippen molar-refractivity contribution in [2.24, 2.45) is 0 Å². The molecule has 0 saturated carbocycles. The standard InChI is InChI=1S/C21H24N4O3/c22-15-19-7-8-20(23-16-19)27-14-4-9-24-10-12-25(13-11-24)21(26)28-17-18-5-2-1-3-6-18/h1-3,5-8,16H,4,9-14,17H2. The lowest BCUT2D eigenvalue weighted by molar-refractivity contribution is 0.0704. The Bertz CT molecular complexity index is 782. The molecule has 7 nitrogen and oxygen atoms in total. The van der Waals surface area contributed by atoms with Crippen LogP contribution in [-0.2, 0) is 11.3 Å². The molecule has 1 aromatic carbocycles. The van der Waals surface area contributed by atoms with Gasteiger partial charge in [0.15, 0.2) is 0 Å². The molecule has 28 heavy (non-hydrogen) atoms. The third kappa shape index (κ3) is 5.96. The molecule has 0 bridgehead atoms. The normalized spacial score (nSPS) is 14.3. The third-order valence-corrected chi connectivity index (χ3v) is 4.57. The predicted molar refractivity (Wildman–Crippen MR) is 104 cm³/mol. The zero-order valence-corrected chi connectivity index (χ0v) is 15.8. The molecular formula is C21H24N4O3. The fourth-order valence-electron chi connectivity index (χ4n) is 2.96. The van der Waals surface area contributed by atoms with E-state index in [2.05, 4.69) is 9.88 Å². The van der Waals surface area contributed by atoms with Crippen LogP contribution in [0.1, 0.15) is 17.5 Å². The van der Waals surface area contributed by atoms with Gasteiger partial charge in [-0.3, -0.25) is 4.90 Å². The summed E-state index contributed by atoms with van der Waals surface area (Å²) < 4.78 is 11.0. The van der Waals surface area contributed by atoms with Crippen LogP contribution in [0.25, 0.3) is 0 Å². The number of nitriles is 1. The van der Waals surface area contributed by atoms with Crippen molar-refractivity contribution in [2.75, 3.05) is 39.3 Å². The number of piperazine rings is 1. The number of ether oxygens (including phenoxy) is 2. The Labute approximate surface area is 165 Å². The molecule has 1 aliphatic heterocycles. The number of pyridine rings is 1. The molecule has 1 saturated heterocycles. The molecule has 1 aliphatic rings. The molecule has 3 rings (SSSR count). The molecule has 0 radical (unpaired) electrons. The maximum atomic E-state index is 12.2. The van der Waals surface area contributed by atoms with Gasteiger partial charge in [-0.1, -0.05) is 30.3 Å². The van der Waals surface area contributed by atoms with Crippen LogP contribution in [0.5, 0.6) is 5.88 Å². The first kappa shape index (κ1) is 19.6. The zero-order valence-electron chi connectivity index (χ0n) is 15.8. The molecule has 1 aromatic heterocycles. The summed E-state index contributed by atoms with van der Waals surface area (Å²) in [7, 11) is 0. The summed E-state index contributed by atoms with van der Waals surface area (Å²) >= 11 is 0. The van der Waals surface area contributed by atoms with E-state index in [0.29, 0.717) is 37.7 Å². The highest BCUT2D eigenvalue weighted by molar-refractivity contribution is 5.67. The van der Waals surface area contributed by atoms with Gasteiger partial charge in [0.1, 0.15) is 12.7 Å². The summed E-state index contributed by atoms with van der Waals surface area (Å²) in [5, 5.41) is 8.75. The Hall–Kier alpha value is -3.11. The predicted octanol–water partition coefficient (Wildman–Crippen LogP) is 2.68. The third-order valence-electron chi connectivity index (χ3n) is 4.57. The van der Waals surface area contributed by atoms with Gasteiger partial charge in [-0.25, -0.2) is 9.78 Å².